The molecule has 0 amide bonds. The predicted octanol–water partition coefficient (Wildman–Crippen LogP) is 2.85. The minimum Gasteiger partial charge on any atom is -0.314 e. The van der Waals surface area contributed by atoms with Crippen molar-refractivity contribution in [3.05, 3.63) is 35.9 Å². The molecule has 0 aromatic heterocycles. The maximum absolute atomic E-state index is 12.2. The first-order valence-electron chi connectivity index (χ1n) is 7.92. The van der Waals surface area contributed by atoms with Crippen molar-refractivity contribution < 1.29 is 4.39 Å². The number of nitrogens with zero attached hydrogens (tertiary/aromatic N) is 1. The van der Waals surface area contributed by atoms with Crippen molar-refractivity contribution in [1.82, 2.24) is 10.2 Å². The average Bonchev–Trinajstić information content (AvgIpc) is 3.01. The lowest BCUT2D eigenvalue weighted by molar-refractivity contribution is 0.288. The average molecular weight is 276 g/mol. The molecule has 1 heterocycles. The van der Waals surface area contributed by atoms with E-state index in [2.05, 4.69) is 40.5 Å². The topological polar surface area (TPSA) is 15.3 Å². The molecule has 1 saturated heterocycles. The number of hydrogen-bond donors (Lipinski definition) is 1. The Labute approximate surface area is 121 Å². The fraction of sp³-hybridized carbons (Fsp3) is 0.647. The number of halogens is 1. The van der Waals surface area contributed by atoms with Crippen LogP contribution in [0.15, 0.2) is 30.3 Å². The smallest absolute Gasteiger partial charge is 0.0906 e. The van der Waals surface area contributed by atoms with E-state index in [-0.39, 0.29) is 6.67 Å². The van der Waals surface area contributed by atoms with Crippen LogP contribution in [0.2, 0.25) is 0 Å². The lowest BCUT2D eigenvalue weighted by Gasteiger charge is -2.21. The third kappa shape index (κ3) is 3.21. The van der Waals surface area contributed by atoms with Crippen LogP contribution in [0.4, 0.5) is 4.39 Å². The van der Waals surface area contributed by atoms with Gasteiger partial charge in [-0.2, -0.15) is 0 Å². The molecule has 1 saturated carbocycles. The number of rotatable bonds is 6. The van der Waals surface area contributed by atoms with Crippen molar-refractivity contribution in [1.29, 1.82) is 0 Å². The van der Waals surface area contributed by atoms with Crippen LogP contribution in [-0.2, 0) is 6.54 Å². The second-order valence-corrected chi connectivity index (χ2v) is 6.28. The normalized spacial score (nSPS) is 29.8. The number of hydrogen-bond acceptors (Lipinski definition) is 2. The van der Waals surface area contributed by atoms with E-state index in [4.69, 9.17) is 0 Å². The summed E-state index contributed by atoms with van der Waals surface area (Å²) in [6.45, 7) is 4.15. The van der Waals surface area contributed by atoms with Crippen molar-refractivity contribution in [2.24, 2.45) is 11.8 Å². The largest absolute Gasteiger partial charge is 0.314 e. The van der Waals surface area contributed by atoms with Crippen molar-refractivity contribution in [3.63, 3.8) is 0 Å². The molecule has 2 fully saturated rings. The summed E-state index contributed by atoms with van der Waals surface area (Å²) in [6.07, 6.45) is 3.27. The van der Waals surface area contributed by atoms with Crippen molar-refractivity contribution in [2.75, 3.05) is 26.3 Å². The van der Waals surface area contributed by atoms with Crippen LogP contribution in [0, 0.1) is 11.8 Å². The maximum atomic E-state index is 12.2. The fourth-order valence-electron chi connectivity index (χ4n) is 3.94. The van der Waals surface area contributed by atoms with Gasteiger partial charge in [-0.25, -0.2) is 0 Å². The van der Waals surface area contributed by atoms with Crippen molar-refractivity contribution in [3.8, 4) is 0 Å². The van der Waals surface area contributed by atoms with Crippen LogP contribution in [0.1, 0.15) is 24.8 Å². The van der Waals surface area contributed by atoms with E-state index in [0.29, 0.717) is 12.5 Å². The third-order valence-corrected chi connectivity index (χ3v) is 4.90. The minimum absolute atomic E-state index is 0.200. The lowest BCUT2D eigenvalue weighted by atomic mass is 9.98. The summed E-state index contributed by atoms with van der Waals surface area (Å²) in [5.41, 5.74) is 1.41. The summed E-state index contributed by atoms with van der Waals surface area (Å²) in [5.74, 6) is 1.62. The number of alkyl halides is 1. The molecular weight excluding hydrogens is 251 g/mol. The summed E-state index contributed by atoms with van der Waals surface area (Å²) in [4.78, 5) is 2.59. The van der Waals surface area contributed by atoms with Gasteiger partial charge in [-0.3, -0.25) is 9.29 Å². The van der Waals surface area contributed by atoms with Crippen LogP contribution >= 0.6 is 0 Å². The Morgan fingerprint density at radius 2 is 2.00 bits per heavy atom. The Bertz CT molecular complexity index is 409. The van der Waals surface area contributed by atoms with E-state index < -0.39 is 0 Å². The summed E-state index contributed by atoms with van der Waals surface area (Å²) in [5, 5.41) is 3.57. The van der Waals surface area contributed by atoms with Crippen LogP contribution < -0.4 is 5.32 Å². The van der Waals surface area contributed by atoms with Gasteiger partial charge in [0.25, 0.3) is 0 Å². The van der Waals surface area contributed by atoms with Crippen molar-refractivity contribution in [2.45, 2.75) is 31.8 Å². The summed E-state index contributed by atoms with van der Waals surface area (Å²) in [6, 6.07) is 11.4. The van der Waals surface area contributed by atoms with Gasteiger partial charge in [-0.15, -0.1) is 0 Å². The summed E-state index contributed by atoms with van der Waals surface area (Å²) >= 11 is 0. The van der Waals surface area contributed by atoms with Gasteiger partial charge in [-0.05, 0) is 43.2 Å². The molecular formula is C17H25FN2. The Hall–Kier alpha value is -0.930. The Kier molecular flexibility index (Phi) is 4.69. The van der Waals surface area contributed by atoms with Gasteiger partial charge in [0.2, 0.25) is 0 Å². The highest BCUT2D eigenvalue weighted by molar-refractivity contribution is 5.15. The van der Waals surface area contributed by atoms with E-state index in [9.17, 15) is 4.39 Å². The Balaban J connectivity index is 1.51. The molecule has 3 rings (SSSR count). The zero-order valence-corrected chi connectivity index (χ0v) is 12.1. The molecule has 1 aromatic carbocycles. The maximum Gasteiger partial charge on any atom is 0.0906 e. The quantitative estimate of drug-likeness (QED) is 0.804. The number of likely N-dealkylation sites (tertiary alicyclic amines) is 1. The van der Waals surface area contributed by atoms with Gasteiger partial charge in [-0.1, -0.05) is 30.3 Å². The van der Waals surface area contributed by atoms with Gasteiger partial charge in [0.05, 0.1) is 6.67 Å². The van der Waals surface area contributed by atoms with E-state index >= 15 is 0 Å². The molecule has 20 heavy (non-hydrogen) atoms. The summed E-state index contributed by atoms with van der Waals surface area (Å²) in [7, 11) is 0. The standard InChI is InChI=1S/C17H25FN2/c18-9-4-10-19-17-8-7-15-12-20(13-16(15)17)11-14-5-2-1-3-6-14/h1-3,5-6,15-17,19H,4,7-13H2/t15-,16-,17-/m1/s1. The summed E-state index contributed by atoms with van der Waals surface area (Å²) < 4.78 is 12.2. The molecule has 0 bridgehead atoms. The molecule has 0 unspecified atom stereocenters. The second kappa shape index (κ2) is 6.68. The first kappa shape index (κ1) is 14.0. The van der Waals surface area contributed by atoms with Crippen LogP contribution in [0.3, 0.4) is 0 Å². The Morgan fingerprint density at radius 3 is 2.80 bits per heavy atom. The van der Waals surface area contributed by atoms with Gasteiger partial charge in [0.15, 0.2) is 0 Å². The van der Waals surface area contributed by atoms with E-state index in [1.54, 1.807) is 0 Å². The molecule has 3 atom stereocenters. The fourth-order valence-corrected chi connectivity index (χ4v) is 3.94. The molecule has 2 nitrogen and oxygen atoms in total. The number of benzene rings is 1. The van der Waals surface area contributed by atoms with E-state index in [1.165, 1.54) is 31.5 Å². The SMILES string of the molecule is FCCCN[C@@H]1CC[C@@H]2CN(Cc3ccccc3)C[C@H]21. The highest BCUT2D eigenvalue weighted by atomic mass is 19.1. The molecule has 110 valence electrons. The van der Waals surface area contributed by atoms with Crippen LogP contribution in [0.25, 0.3) is 0 Å². The number of nitrogens with one attached hydrogen (secondary N) is 1. The first-order valence-corrected chi connectivity index (χ1v) is 7.92. The third-order valence-electron chi connectivity index (χ3n) is 4.90. The predicted molar refractivity (Wildman–Crippen MR) is 80.3 cm³/mol. The molecule has 2 aliphatic rings. The molecule has 0 radical (unpaired) electrons. The molecule has 1 N–H and O–H groups in total. The first-order chi connectivity index (χ1) is 9.86. The lowest BCUT2D eigenvalue weighted by Crippen LogP contribution is -2.36. The second-order valence-electron chi connectivity index (χ2n) is 6.28. The van der Waals surface area contributed by atoms with Crippen LogP contribution in [0.5, 0.6) is 0 Å². The highest BCUT2D eigenvalue weighted by Gasteiger charge is 2.41. The van der Waals surface area contributed by atoms with Gasteiger partial charge in [0, 0.05) is 25.7 Å². The van der Waals surface area contributed by atoms with Gasteiger partial charge < -0.3 is 5.32 Å². The molecule has 1 aliphatic heterocycles. The molecule has 1 aliphatic carbocycles. The number of fused-ring (bicyclic) bond motifs is 1. The highest BCUT2D eigenvalue weighted by Crippen LogP contribution is 2.38. The molecule has 0 spiro atoms. The zero-order chi connectivity index (χ0) is 13.8. The van der Waals surface area contributed by atoms with Gasteiger partial charge in [0.1, 0.15) is 0 Å². The monoisotopic (exact) mass is 276 g/mol. The zero-order valence-electron chi connectivity index (χ0n) is 12.1. The molecule has 1 aromatic rings. The minimum atomic E-state index is -0.200. The Morgan fingerprint density at radius 1 is 1.15 bits per heavy atom. The molecule has 3 heteroatoms. The van der Waals surface area contributed by atoms with Crippen LogP contribution in [-0.4, -0.2) is 37.3 Å². The van der Waals surface area contributed by atoms with E-state index in [1.807, 2.05) is 0 Å². The van der Waals surface area contributed by atoms with E-state index in [0.717, 1.165) is 24.9 Å². The van der Waals surface area contributed by atoms with Crippen molar-refractivity contribution >= 4 is 0 Å². The van der Waals surface area contributed by atoms with Gasteiger partial charge >= 0.3 is 0 Å².